The Morgan fingerprint density at radius 2 is 1.85 bits per heavy atom. The van der Waals surface area contributed by atoms with Gasteiger partial charge in [0.15, 0.2) is 0 Å². The van der Waals surface area contributed by atoms with Crippen molar-refractivity contribution in [3.63, 3.8) is 0 Å². The molecular formula is C21H25NO3S. The van der Waals surface area contributed by atoms with Gasteiger partial charge in [-0.1, -0.05) is 31.4 Å². The first kappa shape index (κ1) is 18.8. The summed E-state index contributed by atoms with van der Waals surface area (Å²) in [5.74, 6) is -0.177. The second kappa shape index (κ2) is 9.10. The number of nitrogens with one attached hydrogen (secondary N) is 1. The van der Waals surface area contributed by atoms with Crippen LogP contribution in [0, 0.1) is 0 Å². The van der Waals surface area contributed by atoms with Crippen molar-refractivity contribution in [2.24, 2.45) is 0 Å². The summed E-state index contributed by atoms with van der Waals surface area (Å²) in [6.07, 6.45) is 8.11. The van der Waals surface area contributed by atoms with E-state index >= 15 is 0 Å². The number of benzene rings is 2. The van der Waals surface area contributed by atoms with E-state index in [1.807, 2.05) is 24.3 Å². The zero-order chi connectivity index (χ0) is 18.4. The Hall–Kier alpha value is -1.98. The molecule has 0 saturated heterocycles. The molecule has 1 aliphatic carbocycles. The van der Waals surface area contributed by atoms with Gasteiger partial charge >= 0.3 is 0 Å². The molecule has 0 radical (unpaired) electrons. The number of carbonyl (C=O) groups is 1. The number of hydrogen-bond acceptors (Lipinski definition) is 3. The van der Waals surface area contributed by atoms with Crippen molar-refractivity contribution in [2.45, 2.75) is 49.7 Å². The Balaban J connectivity index is 1.58. The van der Waals surface area contributed by atoms with Crippen LogP contribution in [0.5, 0.6) is 0 Å². The molecule has 0 spiro atoms. The van der Waals surface area contributed by atoms with Gasteiger partial charge in [-0.3, -0.25) is 9.00 Å². The summed E-state index contributed by atoms with van der Waals surface area (Å²) >= 11 is 0. The van der Waals surface area contributed by atoms with Crippen LogP contribution in [-0.4, -0.2) is 22.5 Å². The highest BCUT2D eigenvalue weighted by Crippen LogP contribution is 2.22. The van der Waals surface area contributed by atoms with Crippen LogP contribution in [0.2, 0.25) is 0 Å². The van der Waals surface area contributed by atoms with Crippen LogP contribution in [-0.2, 0) is 22.1 Å². The molecule has 1 saturated carbocycles. The average Bonchev–Trinajstić information content (AvgIpc) is 2.67. The van der Waals surface area contributed by atoms with Gasteiger partial charge in [0, 0.05) is 33.2 Å². The van der Waals surface area contributed by atoms with Gasteiger partial charge in [0.05, 0.1) is 12.7 Å². The van der Waals surface area contributed by atoms with Crippen LogP contribution < -0.4 is 5.32 Å². The molecule has 0 heterocycles. The summed E-state index contributed by atoms with van der Waals surface area (Å²) in [5, 5.41) is 2.91. The highest BCUT2D eigenvalue weighted by Gasteiger charge is 2.14. The van der Waals surface area contributed by atoms with Gasteiger partial charge in [-0.05, 0) is 54.8 Å². The third-order valence-corrected chi connectivity index (χ3v) is 5.61. The number of amides is 1. The molecule has 0 aliphatic heterocycles. The summed E-state index contributed by atoms with van der Waals surface area (Å²) < 4.78 is 17.4. The van der Waals surface area contributed by atoms with E-state index in [0.29, 0.717) is 23.2 Å². The maximum Gasteiger partial charge on any atom is 0.255 e. The minimum Gasteiger partial charge on any atom is -0.374 e. The SMILES string of the molecule is CS(=O)c1ccc(C(=O)Nc2cccc(COC3CCCCC3)c2)cc1. The largest absolute Gasteiger partial charge is 0.374 e. The Morgan fingerprint density at radius 3 is 2.54 bits per heavy atom. The van der Waals surface area contributed by atoms with Gasteiger partial charge in [-0.2, -0.15) is 0 Å². The predicted octanol–water partition coefficient (Wildman–Crippen LogP) is 4.53. The molecule has 3 rings (SSSR count). The van der Waals surface area contributed by atoms with Gasteiger partial charge in [-0.15, -0.1) is 0 Å². The Bertz CT molecular complexity index is 767. The molecule has 0 aromatic heterocycles. The maximum absolute atomic E-state index is 12.4. The molecular weight excluding hydrogens is 346 g/mol. The van der Waals surface area contributed by atoms with E-state index in [0.717, 1.165) is 24.1 Å². The van der Waals surface area contributed by atoms with E-state index in [1.165, 1.54) is 19.3 Å². The van der Waals surface area contributed by atoms with Gasteiger partial charge < -0.3 is 10.1 Å². The van der Waals surface area contributed by atoms with Crippen LogP contribution in [0.1, 0.15) is 48.0 Å². The lowest BCUT2D eigenvalue weighted by Crippen LogP contribution is -2.16. The Labute approximate surface area is 157 Å². The molecule has 4 nitrogen and oxygen atoms in total. The summed E-state index contributed by atoms with van der Waals surface area (Å²) in [4.78, 5) is 13.1. The zero-order valence-electron chi connectivity index (χ0n) is 15.1. The van der Waals surface area contributed by atoms with Gasteiger partial charge in [-0.25, -0.2) is 0 Å². The van der Waals surface area contributed by atoms with Crippen molar-refractivity contribution >= 4 is 22.4 Å². The molecule has 26 heavy (non-hydrogen) atoms. The molecule has 1 N–H and O–H groups in total. The average molecular weight is 372 g/mol. The molecule has 2 aromatic rings. The first-order chi connectivity index (χ1) is 12.6. The van der Waals surface area contributed by atoms with Crippen LogP contribution in [0.4, 0.5) is 5.69 Å². The predicted molar refractivity (Wildman–Crippen MR) is 105 cm³/mol. The zero-order valence-corrected chi connectivity index (χ0v) is 15.9. The molecule has 1 fully saturated rings. The van der Waals surface area contributed by atoms with Crippen molar-refractivity contribution in [3.8, 4) is 0 Å². The summed E-state index contributed by atoms with van der Waals surface area (Å²) in [6, 6.07) is 14.6. The second-order valence-corrected chi connectivity index (χ2v) is 8.08. The fourth-order valence-corrected chi connectivity index (χ4v) is 3.71. The van der Waals surface area contributed by atoms with E-state index in [9.17, 15) is 9.00 Å². The Morgan fingerprint density at radius 1 is 1.12 bits per heavy atom. The standard InChI is InChI=1S/C21H25NO3S/c1-26(24)20-12-10-17(11-13-20)21(23)22-18-7-5-6-16(14-18)15-25-19-8-3-2-4-9-19/h5-7,10-14,19H,2-4,8-9,15H2,1H3,(H,22,23). The van der Waals surface area contributed by atoms with Crippen molar-refractivity contribution < 1.29 is 13.7 Å². The topological polar surface area (TPSA) is 55.4 Å². The third-order valence-electron chi connectivity index (χ3n) is 4.67. The normalized spacial score (nSPS) is 16.2. The number of anilines is 1. The van der Waals surface area contributed by atoms with Crippen molar-refractivity contribution in [3.05, 3.63) is 59.7 Å². The molecule has 1 atom stereocenters. The second-order valence-electron chi connectivity index (χ2n) is 6.70. The van der Waals surface area contributed by atoms with Crippen molar-refractivity contribution in [1.82, 2.24) is 0 Å². The number of ether oxygens (including phenoxy) is 1. The highest BCUT2D eigenvalue weighted by atomic mass is 32.2. The van der Waals surface area contributed by atoms with E-state index in [1.54, 1.807) is 30.5 Å². The Kier molecular flexibility index (Phi) is 6.58. The minimum atomic E-state index is -1.04. The van der Waals surface area contributed by atoms with Crippen LogP contribution in [0.15, 0.2) is 53.4 Å². The highest BCUT2D eigenvalue weighted by molar-refractivity contribution is 7.84. The van der Waals surface area contributed by atoms with E-state index in [-0.39, 0.29) is 5.91 Å². The van der Waals surface area contributed by atoms with Gasteiger partial charge in [0.2, 0.25) is 0 Å². The lowest BCUT2D eigenvalue weighted by molar-refractivity contribution is 0.0169. The van der Waals surface area contributed by atoms with E-state index in [2.05, 4.69) is 5.32 Å². The fourth-order valence-electron chi connectivity index (χ4n) is 3.19. The monoisotopic (exact) mass is 371 g/mol. The maximum atomic E-state index is 12.4. The molecule has 2 aromatic carbocycles. The molecule has 5 heteroatoms. The third kappa shape index (κ3) is 5.26. The number of hydrogen-bond donors (Lipinski definition) is 1. The first-order valence-electron chi connectivity index (χ1n) is 9.07. The van der Waals surface area contributed by atoms with E-state index in [4.69, 9.17) is 4.74 Å². The lowest BCUT2D eigenvalue weighted by Gasteiger charge is -2.22. The molecule has 1 amide bonds. The minimum absolute atomic E-state index is 0.177. The molecule has 138 valence electrons. The fraction of sp³-hybridized carbons (Fsp3) is 0.381. The summed E-state index contributed by atoms with van der Waals surface area (Å²) in [7, 11) is -1.04. The van der Waals surface area contributed by atoms with Crippen LogP contribution in [0.25, 0.3) is 0 Å². The quantitative estimate of drug-likeness (QED) is 0.812. The van der Waals surface area contributed by atoms with Gasteiger partial charge in [0.1, 0.15) is 0 Å². The number of carbonyl (C=O) groups excluding carboxylic acids is 1. The number of rotatable bonds is 6. The van der Waals surface area contributed by atoms with Crippen molar-refractivity contribution in [2.75, 3.05) is 11.6 Å². The van der Waals surface area contributed by atoms with Crippen molar-refractivity contribution in [1.29, 1.82) is 0 Å². The van der Waals surface area contributed by atoms with E-state index < -0.39 is 10.8 Å². The summed E-state index contributed by atoms with van der Waals surface area (Å²) in [6.45, 7) is 0.575. The molecule has 1 unspecified atom stereocenters. The lowest BCUT2D eigenvalue weighted by atomic mass is 9.98. The smallest absolute Gasteiger partial charge is 0.255 e. The van der Waals surface area contributed by atoms with Crippen LogP contribution >= 0.6 is 0 Å². The summed E-state index contributed by atoms with van der Waals surface area (Å²) in [5.41, 5.74) is 2.36. The first-order valence-corrected chi connectivity index (χ1v) is 10.6. The van der Waals surface area contributed by atoms with Crippen LogP contribution in [0.3, 0.4) is 0 Å². The van der Waals surface area contributed by atoms with Gasteiger partial charge in [0.25, 0.3) is 5.91 Å². The molecule has 1 aliphatic rings. The molecule has 0 bridgehead atoms.